The van der Waals surface area contributed by atoms with Crippen LogP contribution in [0.4, 0.5) is 0 Å². The Morgan fingerprint density at radius 3 is 3.00 bits per heavy atom. The maximum absolute atomic E-state index is 6.00. The first-order valence-corrected chi connectivity index (χ1v) is 5.40. The van der Waals surface area contributed by atoms with Gasteiger partial charge in [-0.05, 0) is 19.9 Å². The van der Waals surface area contributed by atoms with Crippen molar-refractivity contribution in [1.29, 1.82) is 0 Å². The van der Waals surface area contributed by atoms with Gasteiger partial charge >= 0.3 is 0 Å². The molecule has 3 heteroatoms. The lowest BCUT2D eigenvalue weighted by atomic mass is 10.0. The first kappa shape index (κ1) is 11.0. The fourth-order valence-corrected chi connectivity index (χ4v) is 2.00. The lowest BCUT2D eigenvalue weighted by Gasteiger charge is -2.32. The molecule has 0 amide bonds. The van der Waals surface area contributed by atoms with Crippen LogP contribution in [0.15, 0.2) is 0 Å². The van der Waals surface area contributed by atoms with E-state index in [4.69, 9.17) is 5.73 Å². The van der Waals surface area contributed by atoms with Gasteiger partial charge < -0.3 is 16.0 Å². The van der Waals surface area contributed by atoms with Crippen LogP contribution in [0, 0.1) is 0 Å². The van der Waals surface area contributed by atoms with Gasteiger partial charge in [0, 0.05) is 31.7 Å². The third kappa shape index (κ3) is 4.07. The Bertz CT molecular complexity index is 138. The molecular weight excluding hydrogens is 162 g/mol. The van der Waals surface area contributed by atoms with E-state index < -0.39 is 0 Å². The fourth-order valence-electron chi connectivity index (χ4n) is 2.00. The average Bonchev–Trinajstić information content (AvgIpc) is 2.04. The highest BCUT2D eigenvalue weighted by molar-refractivity contribution is 4.80. The van der Waals surface area contributed by atoms with Gasteiger partial charge in [-0.15, -0.1) is 0 Å². The molecule has 0 bridgehead atoms. The molecule has 2 unspecified atom stereocenters. The molecule has 1 rings (SSSR count). The summed E-state index contributed by atoms with van der Waals surface area (Å²) in [6, 6.07) is 0.995. The zero-order valence-corrected chi connectivity index (χ0v) is 8.92. The van der Waals surface area contributed by atoms with E-state index in [0.717, 1.165) is 25.9 Å². The Hall–Kier alpha value is -0.120. The van der Waals surface area contributed by atoms with E-state index in [1.54, 1.807) is 0 Å². The molecular formula is C10H23N3. The molecule has 1 fully saturated rings. The lowest BCUT2D eigenvalue weighted by Crippen LogP contribution is -2.50. The molecule has 1 aliphatic rings. The second-order valence-corrected chi connectivity index (χ2v) is 4.20. The van der Waals surface area contributed by atoms with Crippen LogP contribution in [0.25, 0.3) is 0 Å². The number of piperazine rings is 1. The molecule has 78 valence electrons. The number of rotatable bonds is 4. The first-order chi connectivity index (χ1) is 6.22. The van der Waals surface area contributed by atoms with E-state index in [2.05, 4.69) is 24.2 Å². The van der Waals surface area contributed by atoms with Crippen LogP contribution in [0.3, 0.4) is 0 Å². The van der Waals surface area contributed by atoms with Gasteiger partial charge in [0.25, 0.3) is 0 Å². The van der Waals surface area contributed by atoms with Gasteiger partial charge in [-0.1, -0.05) is 13.3 Å². The zero-order chi connectivity index (χ0) is 9.68. The van der Waals surface area contributed by atoms with Crippen LogP contribution in [0.5, 0.6) is 0 Å². The summed E-state index contributed by atoms with van der Waals surface area (Å²) in [7, 11) is 2.18. The predicted octanol–water partition coefficient (Wildman–Crippen LogP) is 0.408. The van der Waals surface area contributed by atoms with Crippen molar-refractivity contribution in [3.63, 3.8) is 0 Å². The van der Waals surface area contributed by atoms with Gasteiger partial charge in [-0.2, -0.15) is 0 Å². The molecule has 2 atom stereocenters. The summed E-state index contributed by atoms with van der Waals surface area (Å²) in [5.74, 6) is 0. The van der Waals surface area contributed by atoms with E-state index in [0.29, 0.717) is 12.1 Å². The molecule has 0 aromatic heterocycles. The van der Waals surface area contributed by atoms with Crippen molar-refractivity contribution < 1.29 is 0 Å². The lowest BCUT2D eigenvalue weighted by molar-refractivity contribution is 0.224. The van der Waals surface area contributed by atoms with Gasteiger partial charge in [-0.3, -0.25) is 0 Å². The molecule has 0 aliphatic carbocycles. The van der Waals surface area contributed by atoms with Crippen molar-refractivity contribution in [3.05, 3.63) is 0 Å². The number of nitrogens with zero attached hydrogens (tertiary/aromatic N) is 1. The van der Waals surface area contributed by atoms with Gasteiger partial charge in [0.05, 0.1) is 0 Å². The van der Waals surface area contributed by atoms with Crippen LogP contribution in [-0.4, -0.2) is 43.7 Å². The zero-order valence-electron chi connectivity index (χ0n) is 8.92. The van der Waals surface area contributed by atoms with Crippen molar-refractivity contribution in [3.8, 4) is 0 Å². The second kappa shape index (κ2) is 5.58. The highest BCUT2D eigenvalue weighted by atomic mass is 15.2. The summed E-state index contributed by atoms with van der Waals surface area (Å²) in [5, 5.41) is 3.52. The molecule has 0 saturated carbocycles. The van der Waals surface area contributed by atoms with Gasteiger partial charge in [0.2, 0.25) is 0 Å². The van der Waals surface area contributed by atoms with E-state index in [1.807, 2.05) is 0 Å². The molecule has 1 heterocycles. The normalized spacial score (nSPS) is 27.5. The summed E-state index contributed by atoms with van der Waals surface area (Å²) >= 11 is 0. The highest BCUT2D eigenvalue weighted by Crippen LogP contribution is 2.06. The Balaban J connectivity index is 2.19. The maximum atomic E-state index is 6.00. The molecule has 1 saturated heterocycles. The Morgan fingerprint density at radius 2 is 2.38 bits per heavy atom. The summed E-state index contributed by atoms with van der Waals surface area (Å²) in [4.78, 5) is 2.37. The Labute approximate surface area is 81.7 Å². The Kier molecular flexibility index (Phi) is 4.70. The molecule has 13 heavy (non-hydrogen) atoms. The molecule has 3 nitrogen and oxygen atoms in total. The van der Waals surface area contributed by atoms with Crippen LogP contribution < -0.4 is 11.1 Å². The van der Waals surface area contributed by atoms with Crippen molar-refractivity contribution in [2.75, 3.05) is 26.7 Å². The van der Waals surface area contributed by atoms with Crippen molar-refractivity contribution in [2.45, 2.75) is 38.3 Å². The molecule has 0 spiro atoms. The number of likely N-dealkylation sites (N-methyl/N-ethyl adjacent to an activating group) is 1. The minimum atomic E-state index is 0.383. The minimum absolute atomic E-state index is 0.383. The smallest absolute Gasteiger partial charge is 0.0210 e. The summed E-state index contributed by atoms with van der Waals surface area (Å²) in [6.45, 7) is 5.62. The molecule has 3 N–H and O–H groups in total. The average molecular weight is 185 g/mol. The quantitative estimate of drug-likeness (QED) is 0.666. The van der Waals surface area contributed by atoms with Gasteiger partial charge in [0.15, 0.2) is 0 Å². The van der Waals surface area contributed by atoms with Crippen LogP contribution >= 0.6 is 0 Å². The number of hydrogen-bond acceptors (Lipinski definition) is 3. The van der Waals surface area contributed by atoms with E-state index in [-0.39, 0.29) is 0 Å². The molecule has 0 radical (unpaired) electrons. The monoisotopic (exact) mass is 185 g/mol. The van der Waals surface area contributed by atoms with E-state index in [1.165, 1.54) is 13.0 Å². The topological polar surface area (TPSA) is 41.3 Å². The highest BCUT2D eigenvalue weighted by Gasteiger charge is 2.18. The third-order valence-electron chi connectivity index (χ3n) is 2.71. The van der Waals surface area contributed by atoms with Gasteiger partial charge in [-0.25, -0.2) is 0 Å². The Morgan fingerprint density at radius 1 is 1.62 bits per heavy atom. The number of nitrogens with two attached hydrogens (primary N) is 1. The van der Waals surface area contributed by atoms with Crippen molar-refractivity contribution in [2.24, 2.45) is 5.73 Å². The van der Waals surface area contributed by atoms with Crippen molar-refractivity contribution >= 4 is 0 Å². The number of nitrogens with one attached hydrogen (secondary N) is 1. The molecule has 1 aliphatic heterocycles. The molecule has 0 aromatic rings. The summed E-state index contributed by atoms with van der Waals surface area (Å²) < 4.78 is 0. The third-order valence-corrected chi connectivity index (χ3v) is 2.71. The van der Waals surface area contributed by atoms with Gasteiger partial charge in [0.1, 0.15) is 0 Å². The maximum Gasteiger partial charge on any atom is 0.0210 e. The first-order valence-electron chi connectivity index (χ1n) is 5.40. The van der Waals surface area contributed by atoms with Crippen molar-refractivity contribution in [1.82, 2.24) is 10.2 Å². The van der Waals surface area contributed by atoms with Crippen LogP contribution in [-0.2, 0) is 0 Å². The van der Waals surface area contributed by atoms with Crippen LogP contribution in [0.1, 0.15) is 26.2 Å². The van der Waals surface area contributed by atoms with E-state index in [9.17, 15) is 0 Å². The molecule has 0 aromatic carbocycles. The van der Waals surface area contributed by atoms with E-state index >= 15 is 0 Å². The number of hydrogen-bond donors (Lipinski definition) is 2. The SMILES string of the molecule is CCCC(N)CC1CN(C)CCN1. The largest absolute Gasteiger partial charge is 0.328 e. The predicted molar refractivity (Wildman–Crippen MR) is 56.8 cm³/mol. The second-order valence-electron chi connectivity index (χ2n) is 4.20. The van der Waals surface area contributed by atoms with Crippen LogP contribution in [0.2, 0.25) is 0 Å². The fraction of sp³-hybridized carbons (Fsp3) is 1.00. The standard InChI is InChI=1S/C10H23N3/c1-3-4-9(11)7-10-8-13(2)6-5-12-10/h9-10,12H,3-8,11H2,1-2H3. The minimum Gasteiger partial charge on any atom is -0.328 e. The summed E-state index contributed by atoms with van der Waals surface area (Å²) in [6.07, 6.45) is 3.48. The summed E-state index contributed by atoms with van der Waals surface area (Å²) in [5.41, 5.74) is 6.00.